The molecule has 132 valence electrons. The quantitative estimate of drug-likeness (QED) is 0.433. The average Bonchev–Trinajstić information content (AvgIpc) is 2.90. The zero-order chi connectivity index (χ0) is 18.2. The lowest BCUT2D eigenvalue weighted by Crippen LogP contribution is -2.49. The van der Waals surface area contributed by atoms with Crippen molar-refractivity contribution in [3.05, 3.63) is 23.7 Å². The summed E-state index contributed by atoms with van der Waals surface area (Å²) in [5.74, 6) is 5.10. The van der Waals surface area contributed by atoms with Crippen LogP contribution in [0, 0.1) is 11.8 Å². The molecule has 1 aromatic heterocycles. The molecule has 1 rings (SSSR count). The summed E-state index contributed by atoms with van der Waals surface area (Å²) in [6.45, 7) is 2.60. The van der Waals surface area contributed by atoms with Gasteiger partial charge in [-0.25, -0.2) is 0 Å². The van der Waals surface area contributed by atoms with E-state index in [9.17, 15) is 9.59 Å². The number of carboxylic acids is 1. The number of quaternary nitrogens is 1. The molecule has 0 saturated heterocycles. The van der Waals surface area contributed by atoms with E-state index in [1.165, 1.54) is 0 Å². The number of nitrogens with one attached hydrogen (secondary N) is 1. The Labute approximate surface area is 143 Å². The fraction of sp³-hybridized carbons (Fsp3) is 0.556. The number of aliphatic carboxylic acids is 1. The van der Waals surface area contributed by atoms with Gasteiger partial charge in [0, 0.05) is 6.42 Å². The van der Waals surface area contributed by atoms with Gasteiger partial charge in [0.05, 0.1) is 40.2 Å². The van der Waals surface area contributed by atoms with E-state index >= 15 is 0 Å². The highest BCUT2D eigenvalue weighted by Gasteiger charge is 2.24. The summed E-state index contributed by atoms with van der Waals surface area (Å²) < 4.78 is 5.97. The molecule has 0 fully saturated rings. The standard InChI is InChI=1S/C18H26N2O4/c1-5-6-7-8-9-15-10-11-16(24-15)18(23)19-14(12-17(21)22)13-20(2,3)4/h10-11,14H,5-7,12-13H2,1-4H3,(H-,19,21,22,23)/p+1. The third-order valence-electron chi connectivity index (χ3n) is 3.22. The van der Waals surface area contributed by atoms with Crippen LogP contribution in [0.3, 0.4) is 0 Å². The van der Waals surface area contributed by atoms with Crippen molar-refractivity contribution < 1.29 is 23.6 Å². The van der Waals surface area contributed by atoms with Crippen molar-refractivity contribution in [2.24, 2.45) is 0 Å². The minimum atomic E-state index is -0.948. The van der Waals surface area contributed by atoms with Crippen LogP contribution < -0.4 is 5.32 Å². The monoisotopic (exact) mass is 335 g/mol. The minimum Gasteiger partial charge on any atom is -0.481 e. The van der Waals surface area contributed by atoms with Gasteiger partial charge in [0.15, 0.2) is 11.5 Å². The molecule has 0 aliphatic rings. The summed E-state index contributed by atoms with van der Waals surface area (Å²) in [6.07, 6.45) is 2.77. The van der Waals surface area contributed by atoms with Crippen LogP contribution in [0.15, 0.2) is 16.5 Å². The van der Waals surface area contributed by atoms with Gasteiger partial charge in [-0.3, -0.25) is 9.59 Å². The summed E-state index contributed by atoms with van der Waals surface area (Å²) in [6, 6.07) is 2.74. The molecule has 6 nitrogen and oxygen atoms in total. The fourth-order valence-corrected chi connectivity index (χ4v) is 2.23. The summed E-state index contributed by atoms with van der Waals surface area (Å²) >= 11 is 0. The lowest BCUT2D eigenvalue weighted by atomic mass is 10.2. The lowest BCUT2D eigenvalue weighted by Gasteiger charge is -2.28. The summed E-state index contributed by atoms with van der Waals surface area (Å²) in [5, 5.41) is 11.7. The molecule has 0 aliphatic carbocycles. The van der Waals surface area contributed by atoms with E-state index in [0.717, 1.165) is 19.3 Å². The van der Waals surface area contributed by atoms with Gasteiger partial charge >= 0.3 is 5.97 Å². The van der Waals surface area contributed by atoms with Crippen molar-refractivity contribution in [2.45, 2.75) is 38.6 Å². The van der Waals surface area contributed by atoms with E-state index in [-0.39, 0.29) is 12.2 Å². The molecule has 0 saturated carbocycles. The second kappa shape index (κ2) is 9.14. The van der Waals surface area contributed by atoms with Crippen molar-refractivity contribution in [1.82, 2.24) is 5.32 Å². The maximum absolute atomic E-state index is 12.3. The molecule has 24 heavy (non-hydrogen) atoms. The summed E-state index contributed by atoms with van der Waals surface area (Å²) in [5.41, 5.74) is 0. The maximum atomic E-state index is 12.3. The number of carbonyl (C=O) groups is 2. The number of hydrogen-bond acceptors (Lipinski definition) is 3. The maximum Gasteiger partial charge on any atom is 0.305 e. The first-order chi connectivity index (χ1) is 11.2. The molecule has 0 spiro atoms. The lowest BCUT2D eigenvalue weighted by molar-refractivity contribution is -0.871. The Hall–Kier alpha value is -2.26. The molecule has 0 bridgehead atoms. The Balaban J connectivity index is 2.71. The molecular weight excluding hydrogens is 308 g/mol. The second-order valence-corrected chi connectivity index (χ2v) is 6.81. The van der Waals surface area contributed by atoms with Crippen LogP contribution in [0.4, 0.5) is 0 Å². The smallest absolute Gasteiger partial charge is 0.305 e. The zero-order valence-electron chi connectivity index (χ0n) is 14.9. The summed E-state index contributed by atoms with van der Waals surface area (Å²) in [4.78, 5) is 23.2. The number of carbonyl (C=O) groups excluding carboxylic acids is 1. The van der Waals surface area contributed by atoms with Gasteiger partial charge < -0.3 is 19.3 Å². The van der Waals surface area contributed by atoms with E-state index in [4.69, 9.17) is 9.52 Å². The Morgan fingerprint density at radius 3 is 2.62 bits per heavy atom. The van der Waals surface area contributed by atoms with E-state index in [0.29, 0.717) is 16.8 Å². The molecule has 1 heterocycles. The first-order valence-corrected chi connectivity index (χ1v) is 8.13. The molecule has 0 aromatic carbocycles. The molecule has 2 N–H and O–H groups in total. The van der Waals surface area contributed by atoms with Gasteiger partial charge in [0.1, 0.15) is 0 Å². The van der Waals surface area contributed by atoms with E-state index in [1.54, 1.807) is 12.1 Å². The molecule has 1 amide bonds. The average molecular weight is 335 g/mol. The van der Waals surface area contributed by atoms with Gasteiger partial charge in [0.25, 0.3) is 5.91 Å². The largest absolute Gasteiger partial charge is 0.481 e. The third kappa shape index (κ3) is 7.84. The van der Waals surface area contributed by atoms with Gasteiger partial charge in [-0.05, 0) is 24.5 Å². The topological polar surface area (TPSA) is 79.5 Å². The highest BCUT2D eigenvalue weighted by Crippen LogP contribution is 2.09. The predicted molar refractivity (Wildman–Crippen MR) is 91.5 cm³/mol. The van der Waals surface area contributed by atoms with Crippen LogP contribution in [0.25, 0.3) is 0 Å². The minimum absolute atomic E-state index is 0.133. The first-order valence-electron chi connectivity index (χ1n) is 8.13. The third-order valence-corrected chi connectivity index (χ3v) is 3.22. The molecule has 1 atom stereocenters. The number of nitrogens with zero attached hydrogens (tertiary/aromatic N) is 1. The Morgan fingerprint density at radius 2 is 2.04 bits per heavy atom. The molecule has 1 aromatic rings. The van der Waals surface area contributed by atoms with Gasteiger partial charge in [0.2, 0.25) is 0 Å². The van der Waals surface area contributed by atoms with E-state index in [2.05, 4.69) is 24.1 Å². The van der Waals surface area contributed by atoms with Crippen LogP contribution in [0.2, 0.25) is 0 Å². The Kier molecular flexibility index (Phi) is 7.53. The van der Waals surface area contributed by atoms with Crippen molar-refractivity contribution in [2.75, 3.05) is 27.7 Å². The van der Waals surface area contributed by atoms with Crippen molar-refractivity contribution in [1.29, 1.82) is 0 Å². The predicted octanol–water partition coefficient (Wildman–Crippen LogP) is 2.10. The van der Waals surface area contributed by atoms with Crippen molar-refractivity contribution >= 4 is 11.9 Å². The van der Waals surface area contributed by atoms with Crippen molar-refractivity contribution in [3.63, 3.8) is 0 Å². The highest BCUT2D eigenvalue weighted by molar-refractivity contribution is 5.92. The molecular formula is C18H27N2O4+. The van der Waals surface area contributed by atoms with Crippen LogP contribution in [-0.4, -0.2) is 55.2 Å². The van der Waals surface area contributed by atoms with Gasteiger partial charge in [-0.15, -0.1) is 0 Å². The van der Waals surface area contributed by atoms with Gasteiger partial charge in [-0.2, -0.15) is 0 Å². The number of furan rings is 1. The van der Waals surface area contributed by atoms with Crippen LogP contribution in [0.5, 0.6) is 0 Å². The molecule has 1 unspecified atom stereocenters. The number of amides is 1. The zero-order valence-corrected chi connectivity index (χ0v) is 14.9. The normalized spacial score (nSPS) is 12.2. The molecule has 0 aliphatic heterocycles. The first kappa shape index (κ1) is 19.8. The number of unbranched alkanes of at least 4 members (excludes halogenated alkanes) is 2. The number of hydrogen-bond donors (Lipinski definition) is 2. The number of likely N-dealkylation sites (N-methyl/N-ethyl adjacent to an activating group) is 1. The SMILES string of the molecule is CCCCC#Cc1ccc(C(=O)NC(CC(=O)O)C[N+](C)(C)C)o1. The Bertz CT molecular complexity index is 617. The van der Waals surface area contributed by atoms with Crippen LogP contribution in [0.1, 0.15) is 48.9 Å². The Morgan fingerprint density at radius 1 is 1.33 bits per heavy atom. The molecule has 0 radical (unpaired) electrons. The van der Waals surface area contributed by atoms with Gasteiger partial charge in [-0.1, -0.05) is 19.3 Å². The number of rotatable bonds is 8. The van der Waals surface area contributed by atoms with E-state index < -0.39 is 17.9 Å². The highest BCUT2D eigenvalue weighted by atomic mass is 16.4. The van der Waals surface area contributed by atoms with E-state index in [1.807, 2.05) is 21.1 Å². The van der Waals surface area contributed by atoms with Crippen molar-refractivity contribution in [3.8, 4) is 11.8 Å². The second-order valence-electron chi connectivity index (χ2n) is 6.81. The number of carboxylic acid groups (broad SMARTS) is 1. The summed E-state index contributed by atoms with van der Waals surface area (Å²) in [7, 11) is 5.83. The van der Waals surface area contributed by atoms with Crippen LogP contribution in [-0.2, 0) is 4.79 Å². The molecule has 6 heteroatoms. The fourth-order valence-electron chi connectivity index (χ4n) is 2.23. The van der Waals surface area contributed by atoms with Crippen LogP contribution >= 0.6 is 0 Å².